The van der Waals surface area contributed by atoms with Crippen molar-refractivity contribution in [2.24, 2.45) is 0 Å². The van der Waals surface area contributed by atoms with Gasteiger partial charge in [-0.15, -0.1) is 0 Å². The molecule has 0 aliphatic heterocycles. The summed E-state index contributed by atoms with van der Waals surface area (Å²) in [6, 6.07) is 2.41. The van der Waals surface area contributed by atoms with E-state index in [0.717, 1.165) is 5.56 Å². The van der Waals surface area contributed by atoms with Gasteiger partial charge in [-0.25, -0.2) is 13.4 Å². The number of hydrogen-bond donors (Lipinski definition) is 3. The Hall–Kier alpha value is -2.81. The van der Waals surface area contributed by atoms with Crippen molar-refractivity contribution in [3.8, 4) is 17.2 Å². The van der Waals surface area contributed by atoms with Crippen molar-refractivity contribution in [1.29, 1.82) is 0 Å². The number of aromatic amines is 1. The summed E-state index contributed by atoms with van der Waals surface area (Å²) in [6.07, 6.45) is 1.56. The molecule has 9 heteroatoms. The summed E-state index contributed by atoms with van der Waals surface area (Å²) in [5.74, 6) is -0.489. The van der Waals surface area contributed by atoms with Gasteiger partial charge in [-0.3, -0.25) is 4.98 Å². The number of fused-ring (bicyclic) bond motifs is 1. The van der Waals surface area contributed by atoms with Crippen LogP contribution in [-0.2, 0) is 15.6 Å². The third-order valence-electron chi connectivity index (χ3n) is 3.93. The van der Waals surface area contributed by atoms with E-state index in [2.05, 4.69) is 15.0 Å². The van der Waals surface area contributed by atoms with Gasteiger partial charge < -0.3 is 19.9 Å². The van der Waals surface area contributed by atoms with E-state index in [9.17, 15) is 18.6 Å². The summed E-state index contributed by atoms with van der Waals surface area (Å²) in [6.45, 7) is 3.58. The van der Waals surface area contributed by atoms with Crippen molar-refractivity contribution < 1.29 is 23.4 Å². The zero-order valence-electron chi connectivity index (χ0n) is 13.9. The zero-order chi connectivity index (χ0) is 18.4. The van der Waals surface area contributed by atoms with Gasteiger partial charge in [0.1, 0.15) is 11.5 Å². The van der Waals surface area contributed by atoms with Crippen LogP contribution in [0.2, 0.25) is 0 Å². The molecule has 132 valence electrons. The third kappa shape index (κ3) is 2.98. The number of hydrogen-bond acceptors (Lipinski definition) is 7. The smallest absolute Gasteiger partial charge is 0.226 e. The van der Waals surface area contributed by atoms with E-state index < -0.39 is 9.84 Å². The highest BCUT2D eigenvalue weighted by molar-refractivity contribution is 7.90. The number of aryl methyl sites for hydroxylation is 1. The molecule has 25 heavy (non-hydrogen) atoms. The molecule has 0 unspecified atom stereocenters. The minimum absolute atomic E-state index is 0.236. The molecule has 0 bridgehead atoms. The van der Waals surface area contributed by atoms with Crippen LogP contribution >= 0.6 is 0 Å². The van der Waals surface area contributed by atoms with Gasteiger partial charge in [0, 0.05) is 29.5 Å². The third-order valence-corrected chi connectivity index (χ3v) is 5.36. The molecule has 0 aliphatic carbocycles. The molecule has 3 N–H and O–H groups in total. The van der Waals surface area contributed by atoms with Crippen LogP contribution in [0, 0.1) is 13.8 Å². The molecule has 0 radical (unpaired) electrons. The average Bonchev–Trinajstić information content (AvgIpc) is 2.95. The zero-order valence-corrected chi connectivity index (χ0v) is 14.7. The second-order valence-corrected chi connectivity index (χ2v) is 7.61. The predicted octanol–water partition coefficient (Wildman–Crippen LogP) is 1.97. The number of aromatic nitrogens is 3. The maximum atomic E-state index is 12.7. The van der Waals surface area contributed by atoms with Crippen LogP contribution in [0.15, 0.2) is 23.5 Å². The molecule has 0 spiro atoms. The van der Waals surface area contributed by atoms with Crippen LogP contribution < -0.4 is 4.74 Å². The largest absolute Gasteiger partial charge is 0.504 e. The van der Waals surface area contributed by atoms with E-state index in [1.807, 2.05) is 6.92 Å². The number of phenols is 2. The van der Waals surface area contributed by atoms with Crippen LogP contribution in [0.1, 0.15) is 16.8 Å². The number of phenolic OH excluding ortho intramolecular Hbond substituents is 2. The van der Waals surface area contributed by atoms with E-state index in [-0.39, 0.29) is 27.9 Å². The van der Waals surface area contributed by atoms with E-state index >= 15 is 0 Å². The van der Waals surface area contributed by atoms with Crippen LogP contribution in [0.3, 0.4) is 0 Å². The maximum absolute atomic E-state index is 12.7. The quantitative estimate of drug-likeness (QED) is 0.605. The fraction of sp³-hybridized carbons (Fsp3) is 0.250. The van der Waals surface area contributed by atoms with E-state index in [1.165, 1.54) is 19.2 Å². The predicted molar refractivity (Wildman–Crippen MR) is 90.6 cm³/mol. The molecule has 2 aromatic heterocycles. The summed E-state index contributed by atoms with van der Waals surface area (Å²) < 4.78 is 30.7. The number of ether oxygens (including phenoxy) is 1. The first-order valence-corrected chi connectivity index (χ1v) is 9.01. The molecule has 0 amide bonds. The molecule has 8 nitrogen and oxygen atoms in total. The number of aromatic hydroxyl groups is 2. The van der Waals surface area contributed by atoms with Gasteiger partial charge in [0.05, 0.1) is 23.8 Å². The maximum Gasteiger partial charge on any atom is 0.226 e. The first-order chi connectivity index (χ1) is 11.7. The molecule has 3 aromatic rings. The Kier molecular flexibility index (Phi) is 4.03. The van der Waals surface area contributed by atoms with Gasteiger partial charge in [-0.2, -0.15) is 0 Å². The Morgan fingerprint density at radius 3 is 2.56 bits per heavy atom. The molecule has 0 saturated heterocycles. The van der Waals surface area contributed by atoms with Gasteiger partial charge in [0.25, 0.3) is 0 Å². The fourth-order valence-electron chi connectivity index (χ4n) is 2.62. The van der Waals surface area contributed by atoms with Crippen molar-refractivity contribution in [2.45, 2.75) is 24.8 Å². The summed E-state index contributed by atoms with van der Waals surface area (Å²) in [4.78, 5) is 10.9. The average molecular weight is 363 g/mol. The number of imidazole rings is 1. The Bertz CT molecular complexity index is 1030. The highest BCUT2D eigenvalue weighted by atomic mass is 32.2. The van der Waals surface area contributed by atoms with Gasteiger partial charge in [0.15, 0.2) is 11.5 Å². The number of nitrogens with zero attached hydrogens (tertiary/aromatic N) is 2. The second kappa shape index (κ2) is 5.92. The molecular formula is C16H17N3O5S. The molecule has 0 aliphatic rings. The van der Waals surface area contributed by atoms with Crippen molar-refractivity contribution in [3.05, 3.63) is 35.2 Å². The molecular weight excluding hydrogens is 346 g/mol. The van der Waals surface area contributed by atoms with Crippen LogP contribution in [0.4, 0.5) is 0 Å². The van der Waals surface area contributed by atoms with Crippen molar-refractivity contribution in [2.75, 3.05) is 7.11 Å². The van der Waals surface area contributed by atoms with E-state index in [0.29, 0.717) is 22.5 Å². The van der Waals surface area contributed by atoms with Gasteiger partial charge in [-0.05, 0) is 13.8 Å². The molecule has 1 aromatic carbocycles. The lowest BCUT2D eigenvalue weighted by Crippen LogP contribution is -2.10. The monoisotopic (exact) mass is 363 g/mol. The fourth-order valence-corrected chi connectivity index (χ4v) is 3.91. The highest BCUT2D eigenvalue weighted by Gasteiger charge is 2.23. The lowest BCUT2D eigenvalue weighted by molar-refractivity contribution is 0.405. The van der Waals surface area contributed by atoms with Crippen LogP contribution in [0.5, 0.6) is 17.2 Å². The number of sulfone groups is 1. The van der Waals surface area contributed by atoms with Crippen molar-refractivity contribution in [1.82, 2.24) is 15.0 Å². The second-order valence-electron chi connectivity index (χ2n) is 5.71. The summed E-state index contributed by atoms with van der Waals surface area (Å²) in [7, 11) is -2.29. The lowest BCUT2D eigenvalue weighted by atomic mass is 10.1. The Morgan fingerprint density at radius 2 is 1.88 bits per heavy atom. The van der Waals surface area contributed by atoms with Gasteiger partial charge in [0.2, 0.25) is 15.0 Å². The highest BCUT2D eigenvalue weighted by Crippen LogP contribution is 2.30. The van der Waals surface area contributed by atoms with Crippen molar-refractivity contribution >= 4 is 20.9 Å². The number of nitrogens with one attached hydrogen (secondary N) is 1. The van der Waals surface area contributed by atoms with Crippen molar-refractivity contribution in [3.63, 3.8) is 0 Å². The van der Waals surface area contributed by atoms with Crippen LogP contribution in [-0.4, -0.2) is 40.7 Å². The lowest BCUT2D eigenvalue weighted by Gasteiger charge is -2.11. The molecule has 0 saturated carbocycles. The molecule has 2 heterocycles. The number of benzene rings is 1. The standard InChI is InChI=1S/C16H17N3O5S/c1-8-6-17-12(9(2)15(8)24-3)7-25(22,23)16-18-10-4-13(20)14(21)5-11(10)19-16/h4-6,20-21H,7H2,1-3H3,(H,18,19). The number of H-pyrrole nitrogens is 1. The first kappa shape index (κ1) is 17.0. The summed E-state index contributed by atoms with van der Waals surface area (Å²) in [5, 5.41) is 18.8. The topological polar surface area (TPSA) is 125 Å². The molecule has 0 fully saturated rings. The first-order valence-electron chi connectivity index (χ1n) is 7.36. The van der Waals surface area contributed by atoms with Crippen LogP contribution in [0.25, 0.3) is 11.0 Å². The molecule has 0 atom stereocenters. The number of methoxy groups -OCH3 is 1. The minimum atomic E-state index is -3.81. The normalized spacial score (nSPS) is 11.8. The summed E-state index contributed by atoms with van der Waals surface area (Å²) >= 11 is 0. The van der Waals surface area contributed by atoms with Gasteiger partial charge >= 0.3 is 0 Å². The van der Waals surface area contributed by atoms with Gasteiger partial charge in [-0.1, -0.05) is 0 Å². The Morgan fingerprint density at radius 1 is 1.20 bits per heavy atom. The Labute approximate surface area is 144 Å². The minimum Gasteiger partial charge on any atom is -0.504 e. The van der Waals surface area contributed by atoms with E-state index in [1.54, 1.807) is 13.1 Å². The molecule has 3 rings (SSSR count). The summed E-state index contributed by atoms with van der Waals surface area (Å²) in [5.41, 5.74) is 2.38. The SMILES string of the molecule is COc1c(C)cnc(CS(=O)(=O)c2nc3cc(O)c(O)cc3[nH]2)c1C. The Balaban J connectivity index is 2.03. The number of rotatable bonds is 4. The van der Waals surface area contributed by atoms with E-state index in [4.69, 9.17) is 4.74 Å². The number of pyridine rings is 1.